The molecule has 0 unspecified atom stereocenters. The molecule has 0 N–H and O–H groups in total. The Balaban J connectivity index is 1.68. The highest BCUT2D eigenvalue weighted by Gasteiger charge is 2.39. The van der Waals surface area contributed by atoms with Crippen molar-refractivity contribution in [2.75, 3.05) is 7.11 Å². The van der Waals surface area contributed by atoms with Crippen molar-refractivity contribution in [1.82, 2.24) is 5.01 Å². The molecular weight excluding hydrogens is 300 g/mol. The van der Waals surface area contributed by atoms with Crippen LogP contribution in [0.5, 0.6) is 11.5 Å². The lowest BCUT2D eigenvalue weighted by atomic mass is 9.96. The molecule has 4 rings (SSSR count). The fourth-order valence-electron chi connectivity index (χ4n) is 3.50. The monoisotopic (exact) mass is 322 g/mol. The maximum absolute atomic E-state index is 6.21. The van der Waals surface area contributed by atoms with Gasteiger partial charge in [-0.15, -0.1) is 0 Å². The van der Waals surface area contributed by atoms with Gasteiger partial charge in [0.05, 0.1) is 18.9 Å². The molecule has 0 fully saturated rings. The lowest BCUT2D eigenvalue weighted by Gasteiger charge is -2.38. The molecule has 2 atom stereocenters. The summed E-state index contributed by atoms with van der Waals surface area (Å²) < 4.78 is 11.5. The van der Waals surface area contributed by atoms with E-state index >= 15 is 0 Å². The van der Waals surface area contributed by atoms with Crippen LogP contribution in [0.2, 0.25) is 0 Å². The molecule has 4 heteroatoms. The standard InChI is InChI=1S/C20H22N2O2/c1-3-6-20-22-18(16-7-4-5-8-19(16)24-20)13-17(21-22)14-9-11-15(23-2)12-10-14/h4-5,7-12,18,20H,3,6,13H2,1-2H3/t18-,20+/m0/s1. The first-order valence-corrected chi connectivity index (χ1v) is 8.56. The van der Waals surface area contributed by atoms with Gasteiger partial charge in [0.15, 0.2) is 6.23 Å². The lowest BCUT2D eigenvalue weighted by molar-refractivity contribution is -0.0223. The Morgan fingerprint density at radius 3 is 2.71 bits per heavy atom. The smallest absolute Gasteiger partial charge is 0.187 e. The van der Waals surface area contributed by atoms with Gasteiger partial charge in [-0.2, -0.15) is 5.10 Å². The number of rotatable bonds is 4. The third-order valence-electron chi connectivity index (χ3n) is 4.74. The van der Waals surface area contributed by atoms with Crippen LogP contribution < -0.4 is 9.47 Å². The van der Waals surface area contributed by atoms with Crippen molar-refractivity contribution >= 4 is 5.71 Å². The first kappa shape index (κ1) is 15.1. The molecule has 0 spiro atoms. The van der Waals surface area contributed by atoms with E-state index in [4.69, 9.17) is 14.6 Å². The molecule has 0 saturated carbocycles. The molecule has 0 aromatic heterocycles. The molecule has 0 bridgehead atoms. The molecule has 2 aliphatic heterocycles. The van der Waals surface area contributed by atoms with Crippen molar-refractivity contribution in [1.29, 1.82) is 0 Å². The normalized spacial score (nSPS) is 21.6. The average molecular weight is 322 g/mol. The van der Waals surface area contributed by atoms with Gasteiger partial charge in [0, 0.05) is 18.4 Å². The summed E-state index contributed by atoms with van der Waals surface area (Å²) in [6.45, 7) is 2.18. The number of benzene rings is 2. The van der Waals surface area contributed by atoms with Gasteiger partial charge in [0.1, 0.15) is 11.5 Å². The second-order valence-electron chi connectivity index (χ2n) is 6.27. The molecule has 0 aliphatic carbocycles. The Morgan fingerprint density at radius 1 is 1.17 bits per heavy atom. The summed E-state index contributed by atoms with van der Waals surface area (Å²) in [4.78, 5) is 0. The number of fused-ring (bicyclic) bond motifs is 3. The third kappa shape index (κ3) is 2.52. The SMILES string of the molecule is CCC[C@H]1Oc2ccccc2[C@@H]2CC(c3ccc(OC)cc3)=NN12. The number of para-hydroxylation sites is 1. The van der Waals surface area contributed by atoms with Crippen molar-refractivity contribution in [3.63, 3.8) is 0 Å². The molecule has 4 nitrogen and oxygen atoms in total. The van der Waals surface area contributed by atoms with Gasteiger partial charge in [-0.25, -0.2) is 0 Å². The average Bonchev–Trinajstić information content (AvgIpc) is 3.08. The fourth-order valence-corrected chi connectivity index (χ4v) is 3.50. The van der Waals surface area contributed by atoms with Gasteiger partial charge in [-0.3, -0.25) is 5.01 Å². The van der Waals surface area contributed by atoms with Crippen LogP contribution in [0, 0.1) is 0 Å². The molecule has 2 heterocycles. The van der Waals surface area contributed by atoms with Crippen molar-refractivity contribution in [3.05, 3.63) is 59.7 Å². The Morgan fingerprint density at radius 2 is 1.96 bits per heavy atom. The highest BCUT2D eigenvalue weighted by atomic mass is 16.5. The molecule has 2 aromatic carbocycles. The molecule has 0 radical (unpaired) electrons. The highest BCUT2D eigenvalue weighted by molar-refractivity contribution is 6.02. The zero-order valence-corrected chi connectivity index (χ0v) is 14.1. The Hall–Kier alpha value is -2.49. The van der Waals surface area contributed by atoms with E-state index in [2.05, 4.69) is 42.3 Å². The summed E-state index contributed by atoms with van der Waals surface area (Å²) in [5.41, 5.74) is 3.50. The maximum Gasteiger partial charge on any atom is 0.187 e. The van der Waals surface area contributed by atoms with Crippen LogP contribution in [0.25, 0.3) is 0 Å². The third-order valence-corrected chi connectivity index (χ3v) is 4.74. The van der Waals surface area contributed by atoms with E-state index in [-0.39, 0.29) is 12.3 Å². The predicted octanol–water partition coefficient (Wildman–Crippen LogP) is 4.36. The molecule has 24 heavy (non-hydrogen) atoms. The quantitative estimate of drug-likeness (QED) is 0.838. The number of hydrogen-bond donors (Lipinski definition) is 0. The van der Waals surface area contributed by atoms with Crippen LogP contribution in [0.1, 0.15) is 43.4 Å². The summed E-state index contributed by atoms with van der Waals surface area (Å²) in [5.74, 6) is 1.87. The first-order valence-electron chi connectivity index (χ1n) is 8.56. The second-order valence-corrected chi connectivity index (χ2v) is 6.27. The van der Waals surface area contributed by atoms with E-state index in [0.717, 1.165) is 42.0 Å². The number of nitrogens with zero attached hydrogens (tertiary/aromatic N) is 2. The largest absolute Gasteiger partial charge is 0.497 e. The topological polar surface area (TPSA) is 34.1 Å². The van der Waals surface area contributed by atoms with Gasteiger partial charge in [-0.05, 0) is 35.9 Å². The van der Waals surface area contributed by atoms with Crippen LogP contribution in [0.4, 0.5) is 0 Å². The zero-order valence-electron chi connectivity index (χ0n) is 14.1. The van der Waals surface area contributed by atoms with Gasteiger partial charge in [0.25, 0.3) is 0 Å². The van der Waals surface area contributed by atoms with Gasteiger partial charge < -0.3 is 9.47 Å². The van der Waals surface area contributed by atoms with Crippen molar-refractivity contribution in [2.24, 2.45) is 5.10 Å². The van der Waals surface area contributed by atoms with E-state index in [0.29, 0.717) is 0 Å². The van der Waals surface area contributed by atoms with Crippen molar-refractivity contribution in [2.45, 2.75) is 38.5 Å². The summed E-state index contributed by atoms with van der Waals surface area (Å²) >= 11 is 0. The Bertz CT molecular complexity index is 754. The minimum atomic E-state index is 0.0191. The molecule has 2 aliphatic rings. The second kappa shape index (κ2) is 6.19. The zero-order chi connectivity index (χ0) is 16.5. The Labute approximate surface area is 142 Å². The van der Waals surface area contributed by atoms with Gasteiger partial charge in [0.2, 0.25) is 0 Å². The molecule has 0 saturated heterocycles. The lowest BCUT2D eigenvalue weighted by Crippen LogP contribution is -2.40. The summed E-state index contributed by atoms with van der Waals surface area (Å²) in [5, 5.41) is 7.08. The first-order chi connectivity index (χ1) is 11.8. The Kier molecular flexibility index (Phi) is 3.89. The van der Waals surface area contributed by atoms with Crippen LogP contribution in [-0.4, -0.2) is 24.1 Å². The van der Waals surface area contributed by atoms with E-state index in [9.17, 15) is 0 Å². The van der Waals surface area contributed by atoms with E-state index in [1.807, 2.05) is 18.2 Å². The summed E-state index contributed by atoms with van der Waals surface area (Å²) in [7, 11) is 1.69. The van der Waals surface area contributed by atoms with Crippen LogP contribution in [0.15, 0.2) is 53.6 Å². The van der Waals surface area contributed by atoms with E-state index in [1.54, 1.807) is 7.11 Å². The maximum atomic E-state index is 6.21. The number of ether oxygens (including phenoxy) is 2. The van der Waals surface area contributed by atoms with Crippen LogP contribution in [0.3, 0.4) is 0 Å². The molecular formula is C20H22N2O2. The fraction of sp³-hybridized carbons (Fsp3) is 0.350. The van der Waals surface area contributed by atoms with Gasteiger partial charge in [-0.1, -0.05) is 31.5 Å². The van der Waals surface area contributed by atoms with Gasteiger partial charge >= 0.3 is 0 Å². The predicted molar refractivity (Wildman–Crippen MR) is 94.5 cm³/mol. The van der Waals surface area contributed by atoms with E-state index in [1.165, 1.54) is 5.56 Å². The molecule has 124 valence electrons. The van der Waals surface area contributed by atoms with Crippen molar-refractivity contribution in [3.8, 4) is 11.5 Å². The van der Waals surface area contributed by atoms with Crippen LogP contribution >= 0.6 is 0 Å². The number of methoxy groups -OCH3 is 1. The highest BCUT2D eigenvalue weighted by Crippen LogP contribution is 2.43. The number of hydrogen-bond acceptors (Lipinski definition) is 4. The minimum Gasteiger partial charge on any atom is -0.497 e. The van der Waals surface area contributed by atoms with Crippen LogP contribution in [-0.2, 0) is 0 Å². The van der Waals surface area contributed by atoms with Crippen molar-refractivity contribution < 1.29 is 9.47 Å². The van der Waals surface area contributed by atoms with E-state index < -0.39 is 0 Å². The minimum absolute atomic E-state index is 0.0191. The summed E-state index contributed by atoms with van der Waals surface area (Å²) in [6, 6.07) is 16.7. The molecule has 2 aromatic rings. The molecule has 0 amide bonds. The summed E-state index contributed by atoms with van der Waals surface area (Å²) in [6.07, 6.45) is 2.98. The number of hydrazone groups is 1.